The molecule has 2 rings (SSSR count). The van der Waals surface area contributed by atoms with Crippen molar-refractivity contribution in [2.45, 2.75) is 26.7 Å². The lowest BCUT2D eigenvalue weighted by atomic mass is 9.71. The van der Waals surface area contributed by atoms with Crippen molar-refractivity contribution in [3.05, 3.63) is 29.8 Å². The summed E-state index contributed by atoms with van der Waals surface area (Å²) in [4.78, 5) is 0. The van der Waals surface area contributed by atoms with E-state index in [9.17, 15) is 0 Å². The third-order valence-corrected chi connectivity index (χ3v) is 3.60. The lowest BCUT2D eigenvalue weighted by molar-refractivity contribution is 0.130. The Hall–Kier alpha value is -1.02. The van der Waals surface area contributed by atoms with Crippen LogP contribution in [0.5, 0.6) is 5.75 Å². The normalized spacial score (nSPS) is 17.9. The molecule has 0 unspecified atom stereocenters. The van der Waals surface area contributed by atoms with Crippen molar-refractivity contribution in [1.29, 1.82) is 0 Å². The quantitative estimate of drug-likeness (QED) is 0.844. The van der Waals surface area contributed by atoms with Crippen molar-refractivity contribution in [2.75, 3.05) is 20.2 Å². The SMILES string of the molecule is COc1ccccc1CC1(CC(C)C)CNC1. The Bertz CT molecular complexity index is 369. The summed E-state index contributed by atoms with van der Waals surface area (Å²) in [6, 6.07) is 8.40. The van der Waals surface area contributed by atoms with Gasteiger partial charge in [0.1, 0.15) is 5.75 Å². The Balaban J connectivity index is 2.12. The van der Waals surface area contributed by atoms with Crippen LogP contribution in [-0.2, 0) is 6.42 Å². The van der Waals surface area contributed by atoms with E-state index in [1.165, 1.54) is 12.0 Å². The summed E-state index contributed by atoms with van der Waals surface area (Å²) >= 11 is 0. The van der Waals surface area contributed by atoms with E-state index in [2.05, 4.69) is 37.4 Å². The molecule has 0 spiro atoms. The number of nitrogens with one attached hydrogen (secondary N) is 1. The lowest BCUT2D eigenvalue weighted by Gasteiger charge is -2.44. The highest BCUT2D eigenvalue weighted by Crippen LogP contribution is 2.36. The Kier molecular flexibility index (Phi) is 3.72. The molecular formula is C15H23NO. The molecule has 1 aromatic carbocycles. The standard InChI is InChI=1S/C15H23NO/c1-12(2)8-15(10-16-11-15)9-13-6-4-5-7-14(13)17-3/h4-7,12,16H,8-11H2,1-3H3. The fourth-order valence-corrected chi connectivity index (χ4v) is 2.94. The van der Waals surface area contributed by atoms with Crippen LogP contribution in [0.15, 0.2) is 24.3 Å². The molecule has 0 aliphatic carbocycles. The third-order valence-electron chi connectivity index (χ3n) is 3.60. The minimum absolute atomic E-state index is 0.447. The van der Waals surface area contributed by atoms with Crippen LogP contribution >= 0.6 is 0 Å². The molecule has 0 radical (unpaired) electrons. The third kappa shape index (κ3) is 2.81. The average molecular weight is 233 g/mol. The molecule has 0 atom stereocenters. The first-order valence-corrected chi connectivity index (χ1v) is 6.48. The Morgan fingerprint density at radius 3 is 2.53 bits per heavy atom. The zero-order valence-electron chi connectivity index (χ0n) is 11.1. The van der Waals surface area contributed by atoms with E-state index in [0.717, 1.165) is 31.2 Å². The van der Waals surface area contributed by atoms with Gasteiger partial charge in [-0.1, -0.05) is 32.0 Å². The van der Waals surface area contributed by atoms with Crippen molar-refractivity contribution in [2.24, 2.45) is 11.3 Å². The van der Waals surface area contributed by atoms with Crippen LogP contribution in [0.2, 0.25) is 0 Å². The largest absolute Gasteiger partial charge is 0.496 e. The molecule has 94 valence electrons. The number of para-hydroxylation sites is 1. The second kappa shape index (κ2) is 5.09. The van der Waals surface area contributed by atoms with Gasteiger partial charge < -0.3 is 10.1 Å². The van der Waals surface area contributed by atoms with Crippen molar-refractivity contribution in [1.82, 2.24) is 5.32 Å². The molecule has 0 saturated carbocycles. The van der Waals surface area contributed by atoms with Gasteiger partial charge in [-0.2, -0.15) is 0 Å². The highest BCUT2D eigenvalue weighted by molar-refractivity contribution is 5.34. The van der Waals surface area contributed by atoms with Crippen LogP contribution in [0.4, 0.5) is 0 Å². The number of ether oxygens (including phenoxy) is 1. The molecule has 1 saturated heterocycles. The predicted octanol–water partition coefficient (Wildman–Crippen LogP) is 2.87. The number of methoxy groups -OCH3 is 1. The Morgan fingerprint density at radius 2 is 2.00 bits per heavy atom. The molecule has 0 amide bonds. The van der Waals surface area contributed by atoms with Crippen LogP contribution in [-0.4, -0.2) is 20.2 Å². The Morgan fingerprint density at radius 1 is 1.29 bits per heavy atom. The van der Waals surface area contributed by atoms with Crippen LogP contribution < -0.4 is 10.1 Å². The molecule has 1 aliphatic heterocycles. The molecule has 1 fully saturated rings. The second-order valence-electron chi connectivity index (χ2n) is 5.69. The van der Waals surface area contributed by atoms with Gasteiger partial charge in [-0.15, -0.1) is 0 Å². The first kappa shape index (κ1) is 12.4. The molecule has 0 bridgehead atoms. The van der Waals surface area contributed by atoms with Gasteiger partial charge in [-0.25, -0.2) is 0 Å². The molecule has 17 heavy (non-hydrogen) atoms. The van der Waals surface area contributed by atoms with Gasteiger partial charge in [0.25, 0.3) is 0 Å². The number of rotatable bonds is 5. The first-order chi connectivity index (χ1) is 8.15. The zero-order chi connectivity index (χ0) is 12.3. The van der Waals surface area contributed by atoms with Gasteiger partial charge in [0.2, 0.25) is 0 Å². The topological polar surface area (TPSA) is 21.3 Å². The highest BCUT2D eigenvalue weighted by atomic mass is 16.5. The van der Waals surface area contributed by atoms with Gasteiger partial charge in [-0.3, -0.25) is 0 Å². The van der Waals surface area contributed by atoms with E-state index >= 15 is 0 Å². The molecule has 1 N–H and O–H groups in total. The molecular weight excluding hydrogens is 210 g/mol. The van der Waals surface area contributed by atoms with E-state index in [0.29, 0.717) is 5.41 Å². The summed E-state index contributed by atoms with van der Waals surface area (Å²) < 4.78 is 5.44. The maximum Gasteiger partial charge on any atom is 0.122 e. The van der Waals surface area contributed by atoms with E-state index in [-0.39, 0.29) is 0 Å². The minimum Gasteiger partial charge on any atom is -0.496 e. The number of hydrogen-bond acceptors (Lipinski definition) is 2. The number of hydrogen-bond donors (Lipinski definition) is 1. The molecule has 1 aliphatic rings. The van der Waals surface area contributed by atoms with E-state index < -0.39 is 0 Å². The summed E-state index contributed by atoms with van der Waals surface area (Å²) in [7, 11) is 1.76. The van der Waals surface area contributed by atoms with E-state index in [1.54, 1.807) is 7.11 Å². The summed E-state index contributed by atoms with van der Waals surface area (Å²) in [6.07, 6.45) is 2.42. The molecule has 1 aromatic rings. The smallest absolute Gasteiger partial charge is 0.122 e. The van der Waals surface area contributed by atoms with Crippen LogP contribution in [0.1, 0.15) is 25.8 Å². The monoisotopic (exact) mass is 233 g/mol. The second-order valence-corrected chi connectivity index (χ2v) is 5.69. The van der Waals surface area contributed by atoms with Crippen LogP contribution in [0, 0.1) is 11.3 Å². The van der Waals surface area contributed by atoms with Gasteiger partial charge in [0.15, 0.2) is 0 Å². The zero-order valence-corrected chi connectivity index (χ0v) is 11.1. The fourth-order valence-electron chi connectivity index (χ4n) is 2.94. The van der Waals surface area contributed by atoms with Gasteiger partial charge in [0, 0.05) is 13.1 Å². The van der Waals surface area contributed by atoms with Gasteiger partial charge in [0.05, 0.1) is 7.11 Å². The molecule has 2 heteroatoms. The molecule has 2 nitrogen and oxygen atoms in total. The van der Waals surface area contributed by atoms with Crippen molar-refractivity contribution >= 4 is 0 Å². The van der Waals surface area contributed by atoms with E-state index in [1.807, 2.05) is 6.07 Å². The first-order valence-electron chi connectivity index (χ1n) is 6.48. The fraction of sp³-hybridized carbons (Fsp3) is 0.600. The van der Waals surface area contributed by atoms with Gasteiger partial charge >= 0.3 is 0 Å². The van der Waals surface area contributed by atoms with Crippen LogP contribution in [0.3, 0.4) is 0 Å². The van der Waals surface area contributed by atoms with Gasteiger partial charge in [-0.05, 0) is 35.8 Å². The maximum atomic E-state index is 5.44. The highest BCUT2D eigenvalue weighted by Gasteiger charge is 2.37. The maximum absolute atomic E-state index is 5.44. The van der Waals surface area contributed by atoms with Crippen LogP contribution in [0.25, 0.3) is 0 Å². The van der Waals surface area contributed by atoms with Crippen molar-refractivity contribution in [3.8, 4) is 5.75 Å². The lowest BCUT2D eigenvalue weighted by Crippen LogP contribution is -2.55. The summed E-state index contributed by atoms with van der Waals surface area (Å²) in [5.41, 5.74) is 1.79. The number of benzene rings is 1. The minimum atomic E-state index is 0.447. The van der Waals surface area contributed by atoms with Crippen molar-refractivity contribution in [3.63, 3.8) is 0 Å². The molecule has 1 heterocycles. The molecule has 0 aromatic heterocycles. The average Bonchev–Trinajstić information content (AvgIpc) is 2.26. The predicted molar refractivity (Wildman–Crippen MR) is 71.5 cm³/mol. The Labute approximate surface area is 104 Å². The van der Waals surface area contributed by atoms with E-state index in [4.69, 9.17) is 4.74 Å². The summed E-state index contributed by atoms with van der Waals surface area (Å²) in [5, 5.41) is 3.42. The summed E-state index contributed by atoms with van der Waals surface area (Å²) in [5.74, 6) is 1.79. The summed E-state index contributed by atoms with van der Waals surface area (Å²) in [6.45, 7) is 6.90. The van der Waals surface area contributed by atoms with Crippen molar-refractivity contribution < 1.29 is 4.74 Å².